The molecule has 0 saturated heterocycles. The summed E-state index contributed by atoms with van der Waals surface area (Å²) in [6, 6.07) is 5.49. The van der Waals surface area contributed by atoms with Crippen molar-refractivity contribution in [1.29, 1.82) is 0 Å². The van der Waals surface area contributed by atoms with Crippen LogP contribution in [0.3, 0.4) is 0 Å². The molecule has 6 nitrogen and oxygen atoms in total. The van der Waals surface area contributed by atoms with E-state index in [1.165, 1.54) is 0 Å². The van der Waals surface area contributed by atoms with E-state index in [0.29, 0.717) is 30.3 Å². The average molecular weight is 306 g/mol. The van der Waals surface area contributed by atoms with Crippen molar-refractivity contribution in [3.05, 3.63) is 23.9 Å². The minimum absolute atomic E-state index is 0.126. The number of hydrogen-bond acceptors (Lipinski definition) is 4. The van der Waals surface area contributed by atoms with Gasteiger partial charge in [0, 0.05) is 32.7 Å². The lowest BCUT2D eigenvalue weighted by molar-refractivity contribution is 0.0941. The predicted molar refractivity (Wildman–Crippen MR) is 84.8 cm³/mol. The summed E-state index contributed by atoms with van der Waals surface area (Å²) in [5.41, 5.74) is 1.40. The van der Waals surface area contributed by atoms with Crippen molar-refractivity contribution in [1.82, 2.24) is 9.88 Å². The van der Waals surface area contributed by atoms with Crippen LogP contribution in [0.1, 0.15) is 16.9 Å². The second-order valence-corrected chi connectivity index (χ2v) is 4.92. The van der Waals surface area contributed by atoms with Crippen LogP contribution in [0.15, 0.2) is 18.2 Å². The van der Waals surface area contributed by atoms with E-state index in [4.69, 9.17) is 14.2 Å². The van der Waals surface area contributed by atoms with Gasteiger partial charge in [-0.25, -0.2) is 0 Å². The number of ether oxygens (including phenoxy) is 3. The Morgan fingerprint density at radius 3 is 2.50 bits per heavy atom. The SMILES string of the molecule is COCCCNC(=O)c1cc2c(OC)ccc(OC)c2n1C. The molecule has 120 valence electrons. The van der Waals surface area contributed by atoms with Crippen LogP contribution in [0, 0.1) is 0 Å². The van der Waals surface area contributed by atoms with Gasteiger partial charge in [0.25, 0.3) is 5.91 Å². The van der Waals surface area contributed by atoms with Crippen LogP contribution in [-0.4, -0.2) is 45.0 Å². The lowest BCUT2D eigenvalue weighted by Crippen LogP contribution is -2.26. The molecule has 1 amide bonds. The molecule has 0 aliphatic heterocycles. The number of carbonyl (C=O) groups is 1. The summed E-state index contributed by atoms with van der Waals surface area (Å²) in [7, 11) is 6.70. The van der Waals surface area contributed by atoms with Crippen LogP contribution in [-0.2, 0) is 11.8 Å². The van der Waals surface area contributed by atoms with Crippen LogP contribution >= 0.6 is 0 Å². The van der Waals surface area contributed by atoms with Gasteiger partial charge in [-0.1, -0.05) is 0 Å². The van der Waals surface area contributed by atoms with Crippen molar-refractivity contribution in [2.45, 2.75) is 6.42 Å². The van der Waals surface area contributed by atoms with Crippen molar-refractivity contribution < 1.29 is 19.0 Å². The van der Waals surface area contributed by atoms with Crippen molar-refractivity contribution in [3.8, 4) is 11.5 Å². The summed E-state index contributed by atoms with van der Waals surface area (Å²) < 4.78 is 17.6. The van der Waals surface area contributed by atoms with Gasteiger partial charge >= 0.3 is 0 Å². The van der Waals surface area contributed by atoms with Gasteiger partial charge in [0.2, 0.25) is 0 Å². The summed E-state index contributed by atoms with van der Waals surface area (Å²) in [4.78, 5) is 12.3. The zero-order valence-electron chi connectivity index (χ0n) is 13.4. The maximum absolute atomic E-state index is 12.3. The largest absolute Gasteiger partial charge is 0.496 e. The third kappa shape index (κ3) is 3.01. The zero-order valence-corrected chi connectivity index (χ0v) is 13.4. The Bertz CT molecular complexity index is 664. The summed E-state index contributed by atoms with van der Waals surface area (Å²) in [5, 5.41) is 3.74. The quantitative estimate of drug-likeness (QED) is 0.794. The highest BCUT2D eigenvalue weighted by atomic mass is 16.5. The van der Waals surface area contributed by atoms with Gasteiger partial charge in [0.05, 0.1) is 19.7 Å². The molecule has 0 bridgehead atoms. The topological polar surface area (TPSA) is 61.7 Å². The smallest absolute Gasteiger partial charge is 0.267 e. The Labute approximate surface area is 130 Å². The molecule has 0 radical (unpaired) electrons. The van der Waals surface area contributed by atoms with E-state index in [1.54, 1.807) is 21.3 Å². The highest BCUT2D eigenvalue weighted by Crippen LogP contribution is 2.35. The molecule has 0 saturated carbocycles. The van der Waals surface area contributed by atoms with Gasteiger partial charge in [-0.2, -0.15) is 0 Å². The Balaban J connectivity index is 2.35. The number of rotatable bonds is 7. The molecule has 1 N–H and O–H groups in total. The Kier molecular flexibility index (Phi) is 5.27. The molecule has 1 aromatic carbocycles. The molecule has 2 rings (SSSR count). The van der Waals surface area contributed by atoms with Gasteiger partial charge in [-0.3, -0.25) is 4.79 Å². The number of benzene rings is 1. The van der Waals surface area contributed by atoms with Gasteiger partial charge in [0.1, 0.15) is 17.2 Å². The van der Waals surface area contributed by atoms with Crippen LogP contribution in [0.25, 0.3) is 10.9 Å². The van der Waals surface area contributed by atoms with E-state index in [0.717, 1.165) is 17.3 Å². The first-order valence-corrected chi connectivity index (χ1v) is 7.11. The van der Waals surface area contributed by atoms with Crippen LogP contribution in [0.5, 0.6) is 11.5 Å². The minimum Gasteiger partial charge on any atom is -0.496 e. The van der Waals surface area contributed by atoms with E-state index in [-0.39, 0.29) is 5.91 Å². The van der Waals surface area contributed by atoms with Crippen molar-refractivity contribution in [2.24, 2.45) is 7.05 Å². The molecule has 0 fully saturated rings. The minimum atomic E-state index is -0.126. The van der Waals surface area contributed by atoms with E-state index >= 15 is 0 Å². The first-order valence-electron chi connectivity index (χ1n) is 7.11. The van der Waals surface area contributed by atoms with Crippen LogP contribution in [0.2, 0.25) is 0 Å². The summed E-state index contributed by atoms with van der Waals surface area (Å²) in [6.07, 6.45) is 0.777. The molecule has 1 heterocycles. The molecule has 6 heteroatoms. The Morgan fingerprint density at radius 2 is 1.86 bits per heavy atom. The number of amides is 1. The fourth-order valence-electron chi connectivity index (χ4n) is 2.48. The van der Waals surface area contributed by atoms with Crippen LogP contribution < -0.4 is 14.8 Å². The summed E-state index contributed by atoms with van der Waals surface area (Å²) in [5.74, 6) is 1.29. The molecular weight excluding hydrogens is 284 g/mol. The Hall–Kier alpha value is -2.21. The third-order valence-electron chi connectivity index (χ3n) is 3.60. The molecular formula is C16H22N2O4. The molecule has 0 aliphatic rings. The number of methoxy groups -OCH3 is 3. The lowest BCUT2D eigenvalue weighted by Gasteiger charge is -2.09. The third-order valence-corrected chi connectivity index (χ3v) is 3.60. The molecule has 0 spiro atoms. The number of carbonyl (C=O) groups excluding carboxylic acids is 1. The predicted octanol–water partition coefficient (Wildman–Crippen LogP) is 1.96. The second-order valence-electron chi connectivity index (χ2n) is 4.92. The first kappa shape index (κ1) is 16.2. The van der Waals surface area contributed by atoms with Crippen LogP contribution in [0.4, 0.5) is 0 Å². The highest BCUT2D eigenvalue weighted by molar-refractivity contribution is 6.02. The highest BCUT2D eigenvalue weighted by Gasteiger charge is 2.18. The van der Waals surface area contributed by atoms with E-state index in [9.17, 15) is 4.79 Å². The normalized spacial score (nSPS) is 10.7. The number of aryl methyl sites for hydroxylation is 1. The maximum atomic E-state index is 12.3. The van der Waals surface area contributed by atoms with E-state index in [2.05, 4.69) is 5.32 Å². The number of nitrogens with zero attached hydrogens (tertiary/aromatic N) is 1. The second kappa shape index (κ2) is 7.17. The summed E-state index contributed by atoms with van der Waals surface area (Å²) >= 11 is 0. The molecule has 0 unspecified atom stereocenters. The lowest BCUT2D eigenvalue weighted by atomic mass is 10.2. The maximum Gasteiger partial charge on any atom is 0.267 e. The Morgan fingerprint density at radius 1 is 1.18 bits per heavy atom. The van der Waals surface area contributed by atoms with Gasteiger partial charge < -0.3 is 24.1 Å². The number of nitrogens with one attached hydrogen (secondary N) is 1. The van der Waals surface area contributed by atoms with Gasteiger partial charge in [-0.05, 0) is 24.6 Å². The summed E-state index contributed by atoms with van der Waals surface area (Å²) in [6.45, 7) is 1.19. The molecule has 1 aromatic heterocycles. The molecule has 22 heavy (non-hydrogen) atoms. The van der Waals surface area contributed by atoms with E-state index < -0.39 is 0 Å². The average Bonchev–Trinajstić information content (AvgIpc) is 2.88. The number of hydrogen-bond donors (Lipinski definition) is 1. The number of aromatic nitrogens is 1. The van der Waals surface area contributed by atoms with Gasteiger partial charge in [-0.15, -0.1) is 0 Å². The number of fused-ring (bicyclic) bond motifs is 1. The van der Waals surface area contributed by atoms with E-state index in [1.807, 2.05) is 29.8 Å². The molecule has 0 atom stereocenters. The monoisotopic (exact) mass is 306 g/mol. The van der Waals surface area contributed by atoms with Crippen molar-refractivity contribution >= 4 is 16.8 Å². The van der Waals surface area contributed by atoms with Crippen molar-refractivity contribution in [3.63, 3.8) is 0 Å². The molecule has 2 aromatic rings. The molecule has 0 aliphatic carbocycles. The first-order chi connectivity index (χ1) is 10.6. The van der Waals surface area contributed by atoms with Gasteiger partial charge in [0.15, 0.2) is 0 Å². The fourth-order valence-corrected chi connectivity index (χ4v) is 2.48. The van der Waals surface area contributed by atoms with Crippen molar-refractivity contribution in [2.75, 3.05) is 34.5 Å². The zero-order chi connectivity index (χ0) is 16.1. The standard InChI is InChI=1S/C16H22N2O4/c1-18-12(16(19)17-8-5-9-20-2)10-11-13(21-3)6-7-14(22-4)15(11)18/h6-7,10H,5,8-9H2,1-4H3,(H,17,19). The fraction of sp³-hybridized carbons (Fsp3) is 0.438.